The van der Waals surface area contributed by atoms with E-state index in [4.69, 9.17) is 0 Å². The van der Waals surface area contributed by atoms with Crippen molar-refractivity contribution in [3.05, 3.63) is 35.4 Å². The van der Waals surface area contributed by atoms with Crippen LogP contribution in [0, 0.1) is 11.3 Å². The second kappa shape index (κ2) is 5.50. The van der Waals surface area contributed by atoms with Crippen molar-refractivity contribution in [2.75, 3.05) is 19.6 Å². The molecule has 0 saturated carbocycles. The topological polar surface area (TPSA) is 15.3 Å². The molecule has 2 aliphatic rings. The molecule has 1 saturated heterocycles. The zero-order valence-electron chi connectivity index (χ0n) is 13.2. The van der Waals surface area contributed by atoms with Gasteiger partial charge in [0.2, 0.25) is 0 Å². The van der Waals surface area contributed by atoms with Crippen molar-refractivity contribution in [2.45, 2.75) is 46.2 Å². The van der Waals surface area contributed by atoms with Gasteiger partial charge >= 0.3 is 0 Å². The molecule has 1 aromatic carbocycles. The molecule has 2 heterocycles. The number of hydrogen-bond acceptors (Lipinski definition) is 2. The van der Waals surface area contributed by atoms with Crippen LogP contribution < -0.4 is 5.32 Å². The van der Waals surface area contributed by atoms with Gasteiger partial charge < -0.3 is 5.32 Å². The van der Waals surface area contributed by atoms with Gasteiger partial charge in [-0.2, -0.15) is 0 Å². The molecule has 3 rings (SSSR count). The van der Waals surface area contributed by atoms with Crippen molar-refractivity contribution in [3.63, 3.8) is 0 Å². The van der Waals surface area contributed by atoms with Crippen LogP contribution in [0.3, 0.4) is 0 Å². The van der Waals surface area contributed by atoms with Gasteiger partial charge in [-0.3, -0.25) is 4.90 Å². The summed E-state index contributed by atoms with van der Waals surface area (Å²) in [5.41, 5.74) is 3.50. The molecular weight excluding hydrogens is 244 g/mol. The Morgan fingerprint density at radius 1 is 1.15 bits per heavy atom. The third kappa shape index (κ3) is 2.77. The molecule has 2 heteroatoms. The lowest BCUT2D eigenvalue weighted by Crippen LogP contribution is -2.30. The van der Waals surface area contributed by atoms with Crippen LogP contribution in [0.15, 0.2) is 24.3 Å². The Balaban J connectivity index is 1.81. The summed E-state index contributed by atoms with van der Waals surface area (Å²) in [5.74, 6) is 0.839. The maximum absolute atomic E-state index is 3.57. The van der Waals surface area contributed by atoms with Crippen LogP contribution in [-0.4, -0.2) is 24.5 Å². The Kier molecular flexibility index (Phi) is 3.87. The molecule has 0 radical (unpaired) electrons. The second-order valence-corrected chi connectivity index (χ2v) is 7.53. The van der Waals surface area contributed by atoms with Crippen molar-refractivity contribution in [1.29, 1.82) is 0 Å². The fourth-order valence-corrected chi connectivity index (χ4v) is 3.79. The number of benzene rings is 1. The fraction of sp³-hybridized carbons (Fsp3) is 0.667. The van der Waals surface area contributed by atoms with E-state index in [1.165, 1.54) is 31.5 Å². The first-order valence-electron chi connectivity index (χ1n) is 8.08. The Bertz CT molecular complexity index is 461. The molecule has 2 unspecified atom stereocenters. The van der Waals surface area contributed by atoms with E-state index in [-0.39, 0.29) is 0 Å². The summed E-state index contributed by atoms with van der Waals surface area (Å²) < 4.78 is 0. The summed E-state index contributed by atoms with van der Waals surface area (Å²) >= 11 is 0. The van der Waals surface area contributed by atoms with Crippen LogP contribution in [0.4, 0.5) is 0 Å². The number of nitrogens with one attached hydrogen (secondary N) is 1. The van der Waals surface area contributed by atoms with Crippen molar-refractivity contribution in [1.82, 2.24) is 10.2 Å². The molecule has 1 N–H and O–H groups in total. The summed E-state index contributed by atoms with van der Waals surface area (Å²) in [4.78, 5) is 2.74. The van der Waals surface area contributed by atoms with Crippen molar-refractivity contribution in [3.8, 4) is 0 Å². The van der Waals surface area contributed by atoms with Crippen molar-refractivity contribution < 1.29 is 0 Å². The minimum absolute atomic E-state index is 0.442. The van der Waals surface area contributed by atoms with E-state index in [2.05, 4.69) is 55.3 Å². The van der Waals surface area contributed by atoms with Gasteiger partial charge in [-0.05, 0) is 48.4 Å². The monoisotopic (exact) mass is 272 g/mol. The minimum Gasteiger partial charge on any atom is -0.313 e. The lowest BCUT2D eigenvalue weighted by atomic mass is 9.80. The van der Waals surface area contributed by atoms with Gasteiger partial charge in [-0.25, -0.2) is 0 Å². The molecule has 20 heavy (non-hydrogen) atoms. The van der Waals surface area contributed by atoms with E-state index < -0.39 is 0 Å². The first kappa shape index (κ1) is 14.1. The van der Waals surface area contributed by atoms with Gasteiger partial charge in [0.1, 0.15) is 0 Å². The van der Waals surface area contributed by atoms with Crippen LogP contribution in [0.25, 0.3) is 0 Å². The van der Waals surface area contributed by atoms with Crippen LogP contribution in [0.5, 0.6) is 0 Å². The molecule has 1 aromatic rings. The Morgan fingerprint density at radius 3 is 2.70 bits per heavy atom. The normalized spacial score (nSPS) is 28.1. The zero-order chi connectivity index (χ0) is 14.2. The van der Waals surface area contributed by atoms with E-state index in [0.29, 0.717) is 11.5 Å². The molecule has 2 nitrogen and oxygen atoms in total. The zero-order valence-corrected chi connectivity index (χ0v) is 13.2. The maximum atomic E-state index is 3.57. The molecule has 0 bridgehead atoms. The number of hydrogen-bond donors (Lipinski definition) is 1. The molecule has 0 aliphatic carbocycles. The van der Waals surface area contributed by atoms with Gasteiger partial charge in [0.25, 0.3) is 0 Å². The van der Waals surface area contributed by atoms with Crippen LogP contribution >= 0.6 is 0 Å². The first-order valence-corrected chi connectivity index (χ1v) is 8.08. The fourth-order valence-electron chi connectivity index (χ4n) is 3.79. The number of likely N-dealkylation sites (tertiary alicyclic amines) is 1. The van der Waals surface area contributed by atoms with Gasteiger partial charge in [0.05, 0.1) is 0 Å². The molecule has 0 aromatic heterocycles. The summed E-state index contributed by atoms with van der Waals surface area (Å²) in [6, 6.07) is 9.63. The molecular formula is C18H28N2. The highest BCUT2D eigenvalue weighted by Crippen LogP contribution is 2.39. The SMILES string of the molecule is CC(C)(C)C1CCN(C2CCNCc3ccccc32)C1. The molecule has 2 atom stereocenters. The molecule has 110 valence electrons. The molecule has 1 fully saturated rings. The highest BCUT2D eigenvalue weighted by Gasteiger charge is 2.35. The standard InChI is InChI=1S/C18H28N2/c1-18(2,3)15-9-11-20(13-15)17-8-10-19-12-14-6-4-5-7-16(14)17/h4-7,15,17,19H,8-13H2,1-3H3. The Hall–Kier alpha value is -0.860. The third-order valence-electron chi connectivity index (χ3n) is 5.21. The molecule has 0 spiro atoms. The summed E-state index contributed by atoms with van der Waals surface area (Å²) in [7, 11) is 0. The van der Waals surface area contributed by atoms with Gasteiger partial charge in [0.15, 0.2) is 0 Å². The predicted molar refractivity (Wildman–Crippen MR) is 84.6 cm³/mol. The maximum Gasteiger partial charge on any atom is 0.0363 e. The highest BCUT2D eigenvalue weighted by molar-refractivity contribution is 5.31. The van der Waals surface area contributed by atoms with Gasteiger partial charge in [-0.1, -0.05) is 45.0 Å². The average molecular weight is 272 g/mol. The lowest BCUT2D eigenvalue weighted by Gasteiger charge is -2.31. The largest absolute Gasteiger partial charge is 0.313 e. The van der Waals surface area contributed by atoms with Gasteiger partial charge in [0, 0.05) is 19.1 Å². The summed E-state index contributed by atoms with van der Waals surface area (Å²) in [6.07, 6.45) is 2.60. The van der Waals surface area contributed by atoms with Crippen LogP contribution in [0.2, 0.25) is 0 Å². The third-order valence-corrected chi connectivity index (χ3v) is 5.21. The van der Waals surface area contributed by atoms with E-state index in [9.17, 15) is 0 Å². The Labute approximate surface area is 123 Å². The van der Waals surface area contributed by atoms with Crippen molar-refractivity contribution in [2.24, 2.45) is 11.3 Å². The molecule has 2 aliphatic heterocycles. The Morgan fingerprint density at radius 2 is 1.95 bits per heavy atom. The van der Waals surface area contributed by atoms with E-state index in [1.54, 1.807) is 5.56 Å². The lowest BCUT2D eigenvalue weighted by molar-refractivity contribution is 0.189. The number of nitrogens with zero attached hydrogens (tertiary/aromatic N) is 1. The number of fused-ring (bicyclic) bond motifs is 1. The smallest absolute Gasteiger partial charge is 0.0363 e. The van der Waals surface area contributed by atoms with E-state index >= 15 is 0 Å². The predicted octanol–water partition coefficient (Wildman–Crippen LogP) is 3.59. The van der Waals surface area contributed by atoms with Crippen molar-refractivity contribution >= 4 is 0 Å². The van der Waals surface area contributed by atoms with E-state index in [0.717, 1.165) is 19.0 Å². The summed E-state index contributed by atoms with van der Waals surface area (Å²) in [6.45, 7) is 11.9. The van der Waals surface area contributed by atoms with Crippen LogP contribution in [-0.2, 0) is 6.54 Å². The second-order valence-electron chi connectivity index (χ2n) is 7.53. The van der Waals surface area contributed by atoms with Crippen LogP contribution in [0.1, 0.15) is 50.8 Å². The minimum atomic E-state index is 0.442. The van der Waals surface area contributed by atoms with Gasteiger partial charge in [-0.15, -0.1) is 0 Å². The molecule has 0 amide bonds. The highest BCUT2D eigenvalue weighted by atomic mass is 15.2. The summed E-state index contributed by atoms with van der Waals surface area (Å²) in [5, 5.41) is 3.57. The quantitative estimate of drug-likeness (QED) is 0.840. The number of rotatable bonds is 1. The van der Waals surface area contributed by atoms with E-state index in [1.807, 2.05) is 0 Å². The first-order chi connectivity index (χ1) is 9.55. The average Bonchev–Trinajstić information content (AvgIpc) is 2.80.